The van der Waals surface area contributed by atoms with Crippen molar-refractivity contribution in [1.82, 2.24) is 0 Å². The van der Waals surface area contributed by atoms with Crippen molar-refractivity contribution in [2.75, 3.05) is 0 Å². The normalized spacial score (nSPS) is 14.5. The smallest absolute Gasteiger partial charge is 0.150 e. The summed E-state index contributed by atoms with van der Waals surface area (Å²) in [5.74, 6) is 0. The lowest BCUT2D eigenvalue weighted by molar-refractivity contribution is -0.103. The van der Waals surface area contributed by atoms with Crippen LogP contribution in [0, 0.1) is 0 Å². The van der Waals surface area contributed by atoms with Gasteiger partial charge in [0.2, 0.25) is 0 Å². The van der Waals surface area contributed by atoms with E-state index in [4.69, 9.17) is 0 Å². The van der Waals surface area contributed by atoms with Crippen molar-refractivity contribution in [3.8, 4) is 11.1 Å². The van der Waals surface area contributed by atoms with Gasteiger partial charge in [0.25, 0.3) is 0 Å². The number of hydrogen-bond acceptors (Lipinski definition) is 2. The van der Waals surface area contributed by atoms with Crippen LogP contribution in [0.1, 0.15) is 27.0 Å². The van der Waals surface area contributed by atoms with E-state index in [0.29, 0.717) is 11.1 Å². The fourth-order valence-corrected chi connectivity index (χ4v) is 3.28. The molecule has 0 amide bonds. The summed E-state index contributed by atoms with van der Waals surface area (Å²) in [4.78, 5) is 22.7. The highest BCUT2D eigenvalue weighted by atomic mass is 16.1. The van der Waals surface area contributed by atoms with Crippen LogP contribution in [0.2, 0.25) is 0 Å². The Kier molecular flexibility index (Phi) is 3.43. The summed E-state index contributed by atoms with van der Waals surface area (Å²) < 4.78 is 0. The molecular weight excluding hydrogens is 296 g/mol. The Morgan fingerprint density at radius 2 is 1.25 bits per heavy atom. The first-order valence-electron chi connectivity index (χ1n) is 7.77. The largest absolute Gasteiger partial charge is 0.298 e. The van der Waals surface area contributed by atoms with Gasteiger partial charge < -0.3 is 0 Å². The third-order valence-electron chi connectivity index (χ3n) is 4.40. The lowest BCUT2D eigenvalue weighted by atomic mass is 10.0. The number of hydrogen-bond donors (Lipinski definition) is 0. The van der Waals surface area contributed by atoms with Crippen LogP contribution in [0.25, 0.3) is 28.3 Å². The summed E-state index contributed by atoms with van der Waals surface area (Å²) in [7, 11) is 0. The molecule has 0 unspecified atom stereocenters. The third-order valence-corrected chi connectivity index (χ3v) is 4.40. The van der Waals surface area contributed by atoms with Crippen LogP contribution in [0.15, 0.2) is 66.7 Å². The number of carbonyl (C=O) groups is 2. The molecule has 0 aromatic heterocycles. The highest BCUT2D eigenvalue weighted by Crippen LogP contribution is 2.38. The van der Waals surface area contributed by atoms with Gasteiger partial charge in [-0.15, -0.1) is 0 Å². The molecule has 0 radical (unpaired) electrons. The maximum Gasteiger partial charge on any atom is 0.150 e. The summed E-state index contributed by atoms with van der Waals surface area (Å²) in [6.07, 6.45) is 5.73. The average molecular weight is 310 g/mol. The van der Waals surface area contributed by atoms with Crippen molar-refractivity contribution < 1.29 is 9.59 Å². The Morgan fingerprint density at radius 1 is 0.625 bits per heavy atom. The number of carbonyl (C=O) groups excluding carboxylic acids is 2. The van der Waals surface area contributed by atoms with Gasteiger partial charge in [-0.2, -0.15) is 0 Å². The topological polar surface area (TPSA) is 34.1 Å². The second-order valence-corrected chi connectivity index (χ2v) is 5.77. The van der Waals surface area contributed by atoms with E-state index in [1.165, 1.54) is 0 Å². The molecule has 0 bridgehead atoms. The molecule has 0 N–H and O–H groups in total. The van der Waals surface area contributed by atoms with E-state index in [9.17, 15) is 9.59 Å². The van der Waals surface area contributed by atoms with E-state index in [0.717, 1.165) is 46.0 Å². The van der Waals surface area contributed by atoms with Gasteiger partial charge in [-0.1, -0.05) is 54.6 Å². The molecule has 0 saturated heterocycles. The molecule has 0 aliphatic heterocycles. The Hall–Kier alpha value is -3.26. The summed E-state index contributed by atoms with van der Waals surface area (Å²) in [6, 6.07) is 19.6. The SMILES string of the molecule is O=CC1=C/C(=C\c2cc(C=O)c3cccccc2-3)c2ccccc21. The molecule has 0 spiro atoms. The van der Waals surface area contributed by atoms with Crippen LogP contribution in [0.4, 0.5) is 0 Å². The van der Waals surface area contributed by atoms with E-state index in [-0.39, 0.29) is 0 Å². The minimum absolute atomic E-state index is 0.680. The van der Waals surface area contributed by atoms with E-state index in [1.807, 2.05) is 72.8 Å². The van der Waals surface area contributed by atoms with E-state index < -0.39 is 0 Å². The van der Waals surface area contributed by atoms with Crippen LogP contribution in [-0.2, 0) is 4.79 Å². The molecule has 1 aromatic rings. The van der Waals surface area contributed by atoms with Gasteiger partial charge in [0.1, 0.15) is 0 Å². The summed E-state index contributed by atoms with van der Waals surface area (Å²) in [5, 5.41) is 0. The molecule has 3 aliphatic rings. The minimum atomic E-state index is 0.680. The first-order chi connectivity index (χ1) is 11.8. The molecule has 0 saturated carbocycles. The maximum atomic E-state index is 11.4. The molecule has 3 aliphatic carbocycles. The zero-order valence-electron chi connectivity index (χ0n) is 12.9. The average Bonchev–Trinajstić information content (AvgIpc) is 3.02. The quantitative estimate of drug-likeness (QED) is 0.655. The standard InChI is InChI=1S/C22H14O2/c23-13-17-11-15(19-6-2-1-3-7-21(17)19)10-16-12-18(14-24)22-9-5-4-8-20(16)22/h1-14H/b16-10+. The fraction of sp³-hybridized carbons (Fsp3) is 0. The highest BCUT2D eigenvalue weighted by Gasteiger charge is 2.19. The highest BCUT2D eigenvalue weighted by molar-refractivity contribution is 6.18. The molecule has 2 heteroatoms. The zero-order chi connectivity index (χ0) is 16.5. The van der Waals surface area contributed by atoms with Crippen molar-refractivity contribution in [3.05, 3.63) is 89.0 Å². The van der Waals surface area contributed by atoms with Crippen LogP contribution >= 0.6 is 0 Å². The Bertz CT molecular complexity index is 992. The molecule has 0 atom stereocenters. The Labute approximate surface area is 140 Å². The van der Waals surface area contributed by atoms with Crippen LogP contribution in [-0.4, -0.2) is 12.6 Å². The lowest BCUT2D eigenvalue weighted by Crippen LogP contribution is -1.83. The third kappa shape index (κ3) is 2.20. The van der Waals surface area contributed by atoms with Gasteiger partial charge in [0, 0.05) is 11.1 Å². The van der Waals surface area contributed by atoms with Crippen molar-refractivity contribution in [2.45, 2.75) is 0 Å². The van der Waals surface area contributed by atoms with Gasteiger partial charge in [0.15, 0.2) is 12.6 Å². The Balaban J connectivity index is 1.92. The number of allylic oxidation sites excluding steroid dienone is 3. The zero-order valence-corrected chi connectivity index (χ0v) is 12.9. The lowest BCUT2D eigenvalue weighted by Gasteiger charge is -2.02. The predicted octanol–water partition coefficient (Wildman–Crippen LogP) is 4.74. The molecule has 114 valence electrons. The number of fused-ring (bicyclic) bond motifs is 2. The van der Waals surface area contributed by atoms with Gasteiger partial charge in [-0.05, 0) is 51.6 Å². The van der Waals surface area contributed by atoms with E-state index >= 15 is 0 Å². The van der Waals surface area contributed by atoms with Crippen molar-refractivity contribution >= 4 is 29.8 Å². The van der Waals surface area contributed by atoms with Crippen LogP contribution in [0.5, 0.6) is 0 Å². The van der Waals surface area contributed by atoms with E-state index in [2.05, 4.69) is 0 Å². The molecule has 2 nitrogen and oxygen atoms in total. The number of benzene rings is 1. The summed E-state index contributed by atoms with van der Waals surface area (Å²) in [6.45, 7) is 0. The first kappa shape index (κ1) is 14.3. The van der Waals surface area contributed by atoms with Gasteiger partial charge in [-0.25, -0.2) is 0 Å². The van der Waals surface area contributed by atoms with Crippen molar-refractivity contribution in [3.63, 3.8) is 0 Å². The maximum absolute atomic E-state index is 11.4. The van der Waals surface area contributed by atoms with Crippen molar-refractivity contribution in [1.29, 1.82) is 0 Å². The Morgan fingerprint density at radius 3 is 1.96 bits per heavy atom. The van der Waals surface area contributed by atoms with Crippen molar-refractivity contribution in [2.24, 2.45) is 0 Å². The van der Waals surface area contributed by atoms with Gasteiger partial charge in [0.05, 0.1) is 0 Å². The number of aldehydes is 2. The second-order valence-electron chi connectivity index (χ2n) is 5.77. The summed E-state index contributed by atoms with van der Waals surface area (Å²) >= 11 is 0. The molecule has 0 fully saturated rings. The van der Waals surface area contributed by atoms with Crippen LogP contribution in [0.3, 0.4) is 0 Å². The fourth-order valence-electron chi connectivity index (χ4n) is 3.28. The monoisotopic (exact) mass is 310 g/mol. The predicted molar refractivity (Wildman–Crippen MR) is 96.8 cm³/mol. The molecule has 0 heterocycles. The molecular formula is C22H14O2. The minimum Gasteiger partial charge on any atom is -0.298 e. The molecule has 24 heavy (non-hydrogen) atoms. The molecule has 4 rings (SSSR count). The van der Waals surface area contributed by atoms with E-state index in [1.54, 1.807) is 0 Å². The van der Waals surface area contributed by atoms with Crippen LogP contribution < -0.4 is 0 Å². The van der Waals surface area contributed by atoms with Gasteiger partial charge in [-0.3, -0.25) is 9.59 Å². The number of rotatable bonds is 3. The molecule has 1 aromatic carbocycles. The van der Waals surface area contributed by atoms with Gasteiger partial charge >= 0.3 is 0 Å². The second kappa shape index (κ2) is 5.74. The summed E-state index contributed by atoms with van der Waals surface area (Å²) in [5.41, 5.74) is 7.30. The first-order valence-corrected chi connectivity index (χ1v) is 7.77.